The molecular weight excluding hydrogens is 284 g/mol. The summed E-state index contributed by atoms with van der Waals surface area (Å²) < 4.78 is 1.99. The minimum atomic E-state index is -0.919. The Morgan fingerprint density at radius 1 is 1.24 bits per heavy atom. The summed E-state index contributed by atoms with van der Waals surface area (Å²) in [5, 5.41) is 12.2. The van der Waals surface area contributed by atoms with Crippen LogP contribution < -0.4 is 0 Å². The number of nitrogens with zero attached hydrogens (tertiary/aromatic N) is 2. The van der Waals surface area contributed by atoms with Crippen molar-refractivity contribution in [3.63, 3.8) is 0 Å². The normalized spacial score (nSPS) is 15.8. The third kappa shape index (κ3) is 1.82. The molecule has 0 saturated carbocycles. The summed E-state index contributed by atoms with van der Waals surface area (Å²) in [4.78, 5) is 16.6. The zero-order valence-electron chi connectivity index (χ0n) is 10.9. The number of rotatable bonds is 1. The molecule has 102 valence electrons. The van der Waals surface area contributed by atoms with E-state index >= 15 is 0 Å². The van der Waals surface area contributed by atoms with E-state index in [1.807, 2.05) is 34.5 Å². The Labute approximate surface area is 124 Å². The van der Waals surface area contributed by atoms with Crippen LogP contribution >= 0.6 is 11.3 Å². The van der Waals surface area contributed by atoms with Crippen molar-refractivity contribution in [3.05, 3.63) is 53.0 Å². The number of carboxylic acids is 1. The molecule has 0 spiro atoms. The molecule has 0 aliphatic carbocycles. The lowest BCUT2D eigenvalue weighted by molar-refractivity contribution is 0.0697. The van der Waals surface area contributed by atoms with Gasteiger partial charge in [-0.1, -0.05) is 6.07 Å². The highest BCUT2D eigenvalue weighted by atomic mass is 32.1. The van der Waals surface area contributed by atoms with E-state index in [4.69, 9.17) is 5.11 Å². The average Bonchev–Trinajstić information content (AvgIpc) is 3.04. The van der Waals surface area contributed by atoms with Crippen molar-refractivity contribution >= 4 is 40.6 Å². The molecule has 1 N–H and O–H groups in total. The van der Waals surface area contributed by atoms with Crippen LogP contribution in [-0.4, -0.2) is 21.9 Å². The molecule has 0 unspecified atom stereocenters. The van der Waals surface area contributed by atoms with Crippen molar-refractivity contribution in [2.45, 2.75) is 0 Å². The molecule has 0 amide bonds. The van der Waals surface area contributed by atoms with Gasteiger partial charge in [0.25, 0.3) is 0 Å². The van der Waals surface area contributed by atoms with Gasteiger partial charge in [-0.05, 0) is 29.6 Å². The molecule has 21 heavy (non-hydrogen) atoms. The van der Waals surface area contributed by atoms with Crippen LogP contribution in [-0.2, 0) is 0 Å². The van der Waals surface area contributed by atoms with Gasteiger partial charge < -0.3 is 9.67 Å². The molecule has 4 rings (SSSR count). The quantitative estimate of drug-likeness (QED) is 0.739. The first-order valence-electron chi connectivity index (χ1n) is 6.40. The molecule has 1 aromatic carbocycles. The summed E-state index contributed by atoms with van der Waals surface area (Å²) in [5.74, 6) is -0.919. The highest BCUT2D eigenvalue weighted by Crippen LogP contribution is 2.35. The molecule has 0 bridgehead atoms. The van der Waals surface area contributed by atoms with Crippen LogP contribution in [0, 0.1) is 0 Å². The predicted octanol–water partition coefficient (Wildman–Crippen LogP) is 3.93. The van der Waals surface area contributed by atoms with Crippen LogP contribution in [0.2, 0.25) is 0 Å². The molecular formula is C16H10N2O2S. The summed E-state index contributed by atoms with van der Waals surface area (Å²) >= 11 is 1.65. The summed E-state index contributed by atoms with van der Waals surface area (Å²) in [6.45, 7) is 0. The van der Waals surface area contributed by atoms with E-state index in [9.17, 15) is 4.79 Å². The number of fused-ring (bicyclic) bond motifs is 5. The minimum Gasteiger partial charge on any atom is -0.478 e. The second kappa shape index (κ2) is 4.43. The average molecular weight is 294 g/mol. The van der Waals surface area contributed by atoms with Gasteiger partial charge in [-0.3, -0.25) is 4.99 Å². The molecule has 1 aliphatic heterocycles. The van der Waals surface area contributed by atoms with Crippen molar-refractivity contribution in [2.75, 3.05) is 0 Å². The standard InChI is InChI=1S/C16H10N2O2S/c19-16(20)11-2-1-10-7-14-15-12(3-6-21-15)9-17-4-5-18(14)13(10)8-11/h1-9H,(H,19,20)/b5-4-,17-9-. The highest BCUT2D eigenvalue weighted by molar-refractivity contribution is 7.14. The molecule has 1 aliphatic rings. The van der Waals surface area contributed by atoms with Gasteiger partial charge in [-0.15, -0.1) is 11.3 Å². The number of thiophene rings is 1. The molecule has 2 aromatic heterocycles. The maximum atomic E-state index is 11.2. The predicted molar refractivity (Wildman–Crippen MR) is 85.1 cm³/mol. The lowest BCUT2D eigenvalue weighted by Gasteiger charge is -2.07. The molecule has 0 atom stereocenters. The number of aliphatic imine (C=N–C) groups is 1. The molecule has 5 heteroatoms. The number of aromatic nitrogens is 1. The van der Waals surface area contributed by atoms with Gasteiger partial charge in [-0.2, -0.15) is 0 Å². The van der Waals surface area contributed by atoms with Gasteiger partial charge in [0.1, 0.15) is 0 Å². The number of hydrogen-bond donors (Lipinski definition) is 1. The highest BCUT2D eigenvalue weighted by Gasteiger charge is 2.15. The Morgan fingerprint density at radius 3 is 3.00 bits per heavy atom. The van der Waals surface area contributed by atoms with E-state index in [1.54, 1.807) is 29.7 Å². The Balaban J connectivity index is 2.07. The van der Waals surface area contributed by atoms with Crippen molar-refractivity contribution < 1.29 is 9.90 Å². The number of carbonyl (C=O) groups is 1. The third-order valence-corrected chi connectivity index (χ3v) is 4.49. The maximum Gasteiger partial charge on any atom is 0.335 e. The third-order valence-electron chi connectivity index (χ3n) is 3.53. The van der Waals surface area contributed by atoms with Crippen LogP contribution in [0.5, 0.6) is 0 Å². The Kier molecular flexibility index (Phi) is 2.55. The smallest absolute Gasteiger partial charge is 0.335 e. The van der Waals surface area contributed by atoms with Gasteiger partial charge in [0.2, 0.25) is 0 Å². The van der Waals surface area contributed by atoms with Crippen molar-refractivity contribution in [3.8, 4) is 10.6 Å². The van der Waals surface area contributed by atoms with Gasteiger partial charge in [0.05, 0.1) is 21.7 Å². The van der Waals surface area contributed by atoms with Gasteiger partial charge in [0, 0.05) is 29.6 Å². The van der Waals surface area contributed by atoms with Crippen LogP contribution in [0.3, 0.4) is 0 Å². The van der Waals surface area contributed by atoms with Crippen molar-refractivity contribution in [1.29, 1.82) is 0 Å². The first kappa shape index (κ1) is 12.1. The largest absolute Gasteiger partial charge is 0.478 e. The maximum absolute atomic E-state index is 11.2. The fourth-order valence-electron chi connectivity index (χ4n) is 2.55. The van der Waals surface area contributed by atoms with E-state index < -0.39 is 5.97 Å². The molecule has 0 fully saturated rings. The van der Waals surface area contributed by atoms with E-state index in [-0.39, 0.29) is 5.56 Å². The number of carboxylic acid groups (broad SMARTS) is 1. The zero-order valence-corrected chi connectivity index (χ0v) is 11.7. The van der Waals surface area contributed by atoms with Crippen LogP contribution in [0.15, 0.2) is 46.9 Å². The van der Waals surface area contributed by atoms with E-state index in [0.717, 1.165) is 27.0 Å². The Morgan fingerprint density at radius 2 is 2.14 bits per heavy atom. The zero-order chi connectivity index (χ0) is 14.4. The SMILES string of the molecule is O=C(O)c1ccc2cc3n(c2c1)/C=C\N=C/c1ccsc1-3. The summed E-state index contributed by atoms with van der Waals surface area (Å²) in [5.41, 5.74) is 3.29. The number of hydrogen-bond acceptors (Lipinski definition) is 3. The van der Waals surface area contributed by atoms with E-state index in [2.05, 4.69) is 11.1 Å². The van der Waals surface area contributed by atoms with Crippen molar-refractivity contribution in [2.24, 2.45) is 4.99 Å². The summed E-state index contributed by atoms with van der Waals surface area (Å²) in [6, 6.07) is 9.30. The van der Waals surface area contributed by atoms with Crippen molar-refractivity contribution in [1.82, 2.24) is 4.57 Å². The topological polar surface area (TPSA) is 54.6 Å². The van der Waals surface area contributed by atoms with E-state index in [1.165, 1.54) is 0 Å². The fourth-order valence-corrected chi connectivity index (χ4v) is 3.43. The lowest BCUT2D eigenvalue weighted by atomic mass is 10.1. The molecule has 3 aromatic rings. The van der Waals surface area contributed by atoms with E-state index in [0.29, 0.717) is 0 Å². The van der Waals surface area contributed by atoms with Gasteiger partial charge in [-0.25, -0.2) is 4.79 Å². The summed E-state index contributed by atoms with van der Waals surface area (Å²) in [6.07, 6.45) is 5.42. The second-order valence-corrected chi connectivity index (χ2v) is 5.68. The minimum absolute atomic E-state index is 0.286. The molecule has 0 radical (unpaired) electrons. The van der Waals surface area contributed by atoms with Crippen LogP contribution in [0.1, 0.15) is 15.9 Å². The number of benzene rings is 1. The Hall–Kier alpha value is -2.66. The van der Waals surface area contributed by atoms with Crippen LogP contribution in [0.25, 0.3) is 27.7 Å². The van der Waals surface area contributed by atoms with Gasteiger partial charge in [0.15, 0.2) is 0 Å². The van der Waals surface area contributed by atoms with Gasteiger partial charge >= 0.3 is 5.97 Å². The first-order chi connectivity index (χ1) is 10.2. The second-order valence-electron chi connectivity index (χ2n) is 4.76. The molecule has 3 heterocycles. The molecule has 4 nitrogen and oxygen atoms in total. The van der Waals surface area contributed by atoms with Crippen LogP contribution in [0.4, 0.5) is 0 Å². The first-order valence-corrected chi connectivity index (χ1v) is 7.28. The molecule has 0 saturated heterocycles. The Bertz CT molecular complexity index is 931. The number of aromatic carboxylic acids is 1. The lowest BCUT2D eigenvalue weighted by Crippen LogP contribution is -1.97. The fraction of sp³-hybridized carbons (Fsp3) is 0. The monoisotopic (exact) mass is 294 g/mol. The summed E-state index contributed by atoms with van der Waals surface area (Å²) in [7, 11) is 0.